The van der Waals surface area contributed by atoms with Crippen molar-refractivity contribution in [3.63, 3.8) is 0 Å². The van der Waals surface area contributed by atoms with Crippen LogP contribution in [0.3, 0.4) is 0 Å². The molecule has 1 aromatic heterocycles. The van der Waals surface area contributed by atoms with Crippen LogP contribution in [0.4, 0.5) is 8.78 Å². The third kappa shape index (κ3) is 1.96. The van der Waals surface area contributed by atoms with E-state index in [0.717, 1.165) is 6.07 Å². The van der Waals surface area contributed by atoms with E-state index in [2.05, 4.69) is 4.98 Å². The van der Waals surface area contributed by atoms with Gasteiger partial charge >= 0.3 is 0 Å². The van der Waals surface area contributed by atoms with Crippen LogP contribution < -0.4 is 0 Å². The first-order valence-corrected chi connectivity index (χ1v) is 3.90. The van der Waals surface area contributed by atoms with E-state index in [1.54, 1.807) is 0 Å². The van der Waals surface area contributed by atoms with Crippen LogP contribution in [0.5, 0.6) is 5.75 Å². The third-order valence-electron chi connectivity index (χ3n) is 1.74. The lowest BCUT2D eigenvalue weighted by Crippen LogP contribution is -1.97. The van der Waals surface area contributed by atoms with Gasteiger partial charge in [-0.1, -0.05) is 0 Å². The van der Waals surface area contributed by atoms with Crippen molar-refractivity contribution in [2.75, 3.05) is 0 Å². The Bertz CT molecular complexity index is 385. The standard InChI is InChI=1S/C9H8F2N2O/c1-5-8(14)7(9(10)11)4-6(13-5)2-3-12/h4,9,14H,2H2,1H3. The van der Waals surface area contributed by atoms with Crippen molar-refractivity contribution in [3.05, 3.63) is 23.0 Å². The highest BCUT2D eigenvalue weighted by Crippen LogP contribution is 2.30. The van der Waals surface area contributed by atoms with E-state index in [4.69, 9.17) is 5.26 Å². The highest BCUT2D eigenvalue weighted by molar-refractivity contribution is 5.38. The maximum atomic E-state index is 12.4. The molecule has 0 saturated heterocycles. The fourth-order valence-electron chi connectivity index (χ4n) is 1.10. The van der Waals surface area contributed by atoms with Crippen molar-refractivity contribution in [1.82, 2.24) is 4.98 Å². The molecule has 0 spiro atoms. The number of rotatable bonds is 2. The zero-order chi connectivity index (χ0) is 10.7. The molecule has 1 aromatic rings. The number of nitrogens with zero attached hydrogens (tertiary/aromatic N) is 2. The molecule has 14 heavy (non-hydrogen) atoms. The van der Waals surface area contributed by atoms with Crippen LogP contribution in [0.2, 0.25) is 0 Å². The van der Waals surface area contributed by atoms with Gasteiger partial charge < -0.3 is 5.11 Å². The van der Waals surface area contributed by atoms with E-state index in [1.165, 1.54) is 6.92 Å². The van der Waals surface area contributed by atoms with Gasteiger partial charge in [0.25, 0.3) is 6.43 Å². The van der Waals surface area contributed by atoms with Gasteiger partial charge in [0.1, 0.15) is 5.75 Å². The van der Waals surface area contributed by atoms with Crippen LogP contribution in [0.25, 0.3) is 0 Å². The van der Waals surface area contributed by atoms with Crippen molar-refractivity contribution in [2.24, 2.45) is 0 Å². The fourth-order valence-corrected chi connectivity index (χ4v) is 1.10. The van der Waals surface area contributed by atoms with E-state index in [-0.39, 0.29) is 17.8 Å². The first-order valence-electron chi connectivity index (χ1n) is 3.90. The smallest absolute Gasteiger partial charge is 0.267 e. The predicted molar refractivity (Wildman–Crippen MR) is 44.9 cm³/mol. The lowest BCUT2D eigenvalue weighted by atomic mass is 10.1. The number of hydrogen-bond donors (Lipinski definition) is 1. The lowest BCUT2D eigenvalue weighted by Gasteiger charge is -2.07. The topological polar surface area (TPSA) is 56.9 Å². The second kappa shape index (κ2) is 4.01. The highest BCUT2D eigenvalue weighted by Gasteiger charge is 2.16. The summed E-state index contributed by atoms with van der Waals surface area (Å²) in [7, 11) is 0. The summed E-state index contributed by atoms with van der Waals surface area (Å²) in [5.41, 5.74) is -0.103. The van der Waals surface area contributed by atoms with Crippen molar-refractivity contribution < 1.29 is 13.9 Å². The van der Waals surface area contributed by atoms with Crippen LogP contribution in [-0.2, 0) is 6.42 Å². The lowest BCUT2D eigenvalue weighted by molar-refractivity contribution is 0.147. The molecule has 0 radical (unpaired) electrons. The Morgan fingerprint density at radius 2 is 2.29 bits per heavy atom. The molecular formula is C9H8F2N2O. The van der Waals surface area contributed by atoms with Crippen LogP contribution in [0.15, 0.2) is 6.07 Å². The Morgan fingerprint density at radius 3 is 2.79 bits per heavy atom. The number of aromatic hydroxyl groups is 1. The van der Waals surface area contributed by atoms with Crippen LogP contribution in [0, 0.1) is 18.3 Å². The predicted octanol–water partition coefficient (Wildman–Crippen LogP) is 2.10. The summed E-state index contributed by atoms with van der Waals surface area (Å²) in [6.45, 7) is 1.42. The zero-order valence-corrected chi connectivity index (χ0v) is 7.46. The molecule has 0 fully saturated rings. The number of aryl methyl sites for hydroxylation is 1. The first kappa shape index (κ1) is 10.4. The first-order chi connectivity index (χ1) is 6.56. The second-order valence-electron chi connectivity index (χ2n) is 2.77. The minimum atomic E-state index is -2.76. The Morgan fingerprint density at radius 1 is 1.64 bits per heavy atom. The van der Waals surface area contributed by atoms with Crippen LogP contribution in [-0.4, -0.2) is 10.1 Å². The monoisotopic (exact) mass is 198 g/mol. The number of pyridine rings is 1. The van der Waals surface area contributed by atoms with E-state index >= 15 is 0 Å². The molecule has 0 aliphatic rings. The molecule has 0 bridgehead atoms. The summed E-state index contributed by atoms with van der Waals surface area (Å²) in [4.78, 5) is 3.80. The van der Waals surface area contributed by atoms with Gasteiger partial charge in [0.15, 0.2) is 0 Å². The Balaban J connectivity index is 3.22. The van der Waals surface area contributed by atoms with Gasteiger partial charge in [0, 0.05) is 0 Å². The largest absolute Gasteiger partial charge is 0.506 e. The maximum absolute atomic E-state index is 12.4. The van der Waals surface area contributed by atoms with Gasteiger partial charge in [-0.3, -0.25) is 4.98 Å². The summed E-state index contributed by atoms with van der Waals surface area (Å²) in [6.07, 6.45) is -2.80. The summed E-state index contributed by atoms with van der Waals surface area (Å²) in [6, 6.07) is 2.86. The third-order valence-corrected chi connectivity index (χ3v) is 1.74. The van der Waals surface area contributed by atoms with Crippen molar-refractivity contribution >= 4 is 0 Å². The molecular weight excluding hydrogens is 190 g/mol. The zero-order valence-electron chi connectivity index (χ0n) is 7.46. The molecule has 0 aromatic carbocycles. The second-order valence-corrected chi connectivity index (χ2v) is 2.77. The van der Waals surface area contributed by atoms with Crippen molar-refractivity contribution in [3.8, 4) is 11.8 Å². The number of hydrogen-bond acceptors (Lipinski definition) is 3. The molecule has 0 amide bonds. The van der Waals surface area contributed by atoms with Crippen LogP contribution >= 0.6 is 0 Å². The minimum Gasteiger partial charge on any atom is -0.506 e. The minimum absolute atomic E-state index is 0.0408. The summed E-state index contributed by atoms with van der Waals surface area (Å²) in [5, 5.41) is 17.6. The van der Waals surface area contributed by atoms with Gasteiger partial charge in [0.2, 0.25) is 0 Å². The summed E-state index contributed by atoms with van der Waals surface area (Å²) >= 11 is 0. The molecule has 1 rings (SSSR count). The van der Waals surface area contributed by atoms with Gasteiger partial charge in [0.05, 0.1) is 29.4 Å². The van der Waals surface area contributed by atoms with Gasteiger partial charge in [-0.25, -0.2) is 8.78 Å². The van der Waals surface area contributed by atoms with E-state index < -0.39 is 17.7 Å². The maximum Gasteiger partial charge on any atom is 0.267 e. The molecule has 1 heterocycles. The molecule has 0 unspecified atom stereocenters. The summed E-state index contributed by atoms with van der Waals surface area (Å²) < 4.78 is 24.7. The molecule has 0 aliphatic heterocycles. The van der Waals surface area contributed by atoms with Gasteiger partial charge in [-0.2, -0.15) is 5.26 Å². The number of nitriles is 1. The Labute approximate surface area is 79.6 Å². The molecule has 3 nitrogen and oxygen atoms in total. The van der Waals surface area contributed by atoms with Gasteiger partial charge in [-0.05, 0) is 13.0 Å². The fraction of sp³-hybridized carbons (Fsp3) is 0.333. The molecule has 0 saturated carbocycles. The quantitative estimate of drug-likeness (QED) is 0.791. The Hall–Kier alpha value is -1.70. The molecule has 1 N–H and O–H groups in total. The van der Waals surface area contributed by atoms with Gasteiger partial charge in [-0.15, -0.1) is 0 Å². The number of halogens is 2. The van der Waals surface area contributed by atoms with Crippen molar-refractivity contribution in [2.45, 2.75) is 19.8 Å². The van der Waals surface area contributed by atoms with E-state index in [9.17, 15) is 13.9 Å². The molecule has 5 heteroatoms. The van der Waals surface area contributed by atoms with Crippen molar-refractivity contribution in [1.29, 1.82) is 5.26 Å². The number of alkyl halides is 2. The number of aromatic nitrogens is 1. The molecule has 74 valence electrons. The van der Waals surface area contributed by atoms with E-state index in [0.29, 0.717) is 0 Å². The summed E-state index contributed by atoms with van der Waals surface area (Å²) in [5.74, 6) is -0.498. The Kier molecular flexibility index (Phi) is 2.97. The SMILES string of the molecule is Cc1nc(CC#N)cc(C(F)F)c1O. The molecule has 0 atom stereocenters. The average Bonchev–Trinajstić information content (AvgIpc) is 2.11. The average molecular weight is 198 g/mol. The highest BCUT2D eigenvalue weighted by atomic mass is 19.3. The van der Waals surface area contributed by atoms with Crippen LogP contribution in [0.1, 0.15) is 23.4 Å². The molecule has 0 aliphatic carbocycles. The van der Waals surface area contributed by atoms with E-state index in [1.807, 2.05) is 6.07 Å². The normalized spacial score (nSPS) is 10.2.